The Hall–Kier alpha value is -1.47. The van der Waals surface area contributed by atoms with E-state index in [9.17, 15) is 9.59 Å². The number of thiazole rings is 1. The average molecular weight is 312 g/mol. The molecule has 1 aliphatic rings. The largest absolute Gasteiger partial charge is 0.528 e. The van der Waals surface area contributed by atoms with E-state index < -0.39 is 11.8 Å². The zero-order valence-corrected chi connectivity index (χ0v) is 13.3. The first-order valence-corrected chi connectivity index (χ1v) is 7.83. The maximum Gasteiger partial charge on any atom is 0.528 e. The van der Waals surface area contributed by atoms with E-state index in [0.29, 0.717) is 18.1 Å². The Morgan fingerprint density at radius 2 is 2.19 bits per heavy atom. The van der Waals surface area contributed by atoms with Gasteiger partial charge in [0.15, 0.2) is 10.8 Å². The van der Waals surface area contributed by atoms with Gasteiger partial charge in [-0.3, -0.25) is 4.79 Å². The van der Waals surface area contributed by atoms with E-state index in [1.165, 1.54) is 16.4 Å². The van der Waals surface area contributed by atoms with Crippen LogP contribution in [0.3, 0.4) is 0 Å². The van der Waals surface area contributed by atoms with Gasteiger partial charge < -0.3 is 9.57 Å². The number of hydroxylamine groups is 2. The molecule has 2 heterocycles. The van der Waals surface area contributed by atoms with Crippen LogP contribution in [0.15, 0.2) is 11.6 Å². The molecule has 21 heavy (non-hydrogen) atoms. The fourth-order valence-corrected chi connectivity index (χ4v) is 2.79. The molecule has 0 unspecified atom stereocenters. The summed E-state index contributed by atoms with van der Waals surface area (Å²) in [6.45, 7) is 6.33. The van der Waals surface area contributed by atoms with Crippen molar-refractivity contribution < 1.29 is 19.2 Å². The minimum absolute atomic E-state index is 0.0162. The highest BCUT2D eigenvalue weighted by molar-refractivity contribution is 7.11. The molecule has 0 amide bonds. The fourth-order valence-electron chi connectivity index (χ4n) is 2.13. The van der Waals surface area contributed by atoms with Crippen LogP contribution in [-0.4, -0.2) is 40.7 Å². The van der Waals surface area contributed by atoms with Gasteiger partial charge in [0.1, 0.15) is 5.60 Å². The number of rotatable bonds is 3. The second-order valence-electron chi connectivity index (χ2n) is 5.98. The highest BCUT2D eigenvalue weighted by atomic mass is 32.1. The molecular formula is C14H20N2O4S. The molecule has 0 spiro atoms. The van der Waals surface area contributed by atoms with E-state index in [1.807, 2.05) is 0 Å². The van der Waals surface area contributed by atoms with Crippen molar-refractivity contribution >= 4 is 23.3 Å². The molecule has 0 saturated carbocycles. The molecule has 1 fully saturated rings. The van der Waals surface area contributed by atoms with Crippen molar-refractivity contribution in [2.75, 3.05) is 13.1 Å². The lowest BCUT2D eigenvalue weighted by molar-refractivity contribution is -0.155. The quantitative estimate of drug-likeness (QED) is 0.631. The Balaban J connectivity index is 1.89. The Bertz CT molecular complexity index is 496. The van der Waals surface area contributed by atoms with Crippen molar-refractivity contribution in [2.24, 2.45) is 5.92 Å². The second-order valence-corrected chi connectivity index (χ2v) is 6.88. The minimum atomic E-state index is -0.732. The number of hydrogen-bond acceptors (Lipinski definition) is 7. The lowest BCUT2D eigenvalue weighted by Gasteiger charge is -2.30. The zero-order chi connectivity index (χ0) is 15.5. The van der Waals surface area contributed by atoms with Crippen molar-refractivity contribution in [2.45, 2.75) is 39.2 Å². The van der Waals surface area contributed by atoms with Gasteiger partial charge in [0.2, 0.25) is 0 Å². The summed E-state index contributed by atoms with van der Waals surface area (Å²) in [4.78, 5) is 33.1. The van der Waals surface area contributed by atoms with E-state index in [2.05, 4.69) is 4.98 Å². The van der Waals surface area contributed by atoms with Crippen LogP contribution in [0.2, 0.25) is 0 Å². The van der Waals surface area contributed by atoms with E-state index in [1.54, 1.807) is 32.3 Å². The minimum Gasteiger partial charge on any atom is -0.427 e. The lowest BCUT2D eigenvalue weighted by atomic mass is 9.95. The Morgan fingerprint density at radius 3 is 2.81 bits per heavy atom. The predicted molar refractivity (Wildman–Crippen MR) is 78.1 cm³/mol. The van der Waals surface area contributed by atoms with Gasteiger partial charge in [0.05, 0.1) is 0 Å². The van der Waals surface area contributed by atoms with Crippen molar-refractivity contribution in [3.63, 3.8) is 0 Å². The summed E-state index contributed by atoms with van der Waals surface area (Å²) in [5.74, 6) is -0.171. The van der Waals surface area contributed by atoms with E-state index >= 15 is 0 Å². The third-order valence-corrected chi connectivity index (χ3v) is 3.78. The summed E-state index contributed by atoms with van der Waals surface area (Å²) in [6, 6.07) is 0. The molecule has 0 bridgehead atoms. The van der Waals surface area contributed by atoms with E-state index in [4.69, 9.17) is 9.57 Å². The fraction of sp³-hybridized carbons (Fsp3) is 0.643. The Morgan fingerprint density at radius 1 is 1.43 bits per heavy atom. The topological polar surface area (TPSA) is 68.7 Å². The normalized spacial score (nSPS) is 20.0. The van der Waals surface area contributed by atoms with Crippen LogP contribution in [0, 0.1) is 5.92 Å². The number of ether oxygens (including phenoxy) is 1. The molecule has 1 atom stereocenters. The Labute approximate surface area is 128 Å². The molecule has 7 heteroatoms. The van der Waals surface area contributed by atoms with Crippen LogP contribution in [0.25, 0.3) is 0 Å². The third-order valence-electron chi connectivity index (χ3n) is 2.99. The van der Waals surface area contributed by atoms with Crippen molar-refractivity contribution in [1.29, 1.82) is 0 Å². The summed E-state index contributed by atoms with van der Waals surface area (Å²) >= 11 is 1.34. The number of hydrogen-bond donors (Lipinski definition) is 0. The first-order chi connectivity index (χ1) is 9.85. The highest BCUT2D eigenvalue weighted by Gasteiger charge is 2.30. The van der Waals surface area contributed by atoms with Gasteiger partial charge in [-0.1, -0.05) is 0 Å². The number of carbonyl (C=O) groups excluding carboxylic acids is 2. The highest BCUT2D eigenvalue weighted by Crippen LogP contribution is 2.22. The molecule has 2 rings (SSSR count). The van der Waals surface area contributed by atoms with Crippen LogP contribution in [0.4, 0.5) is 4.79 Å². The summed E-state index contributed by atoms with van der Waals surface area (Å²) in [7, 11) is 0. The molecule has 116 valence electrons. The van der Waals surface area contributed by atoms with Gasteiger partial charge in [-0.05, 0) is 33.6 Å². The van der Waals surface area contributed by atoms with E-state index in [0.717, 1.165) is 12.8 Å². The molecule has 6 nitrogen and oxygen atoms in total. The number of piperidine rings is 1. The standard InChI is InChI=1S/C14H20N2O4S/c1-14(2,3)19-13(18)20-16-7-4-5-10(9-16)11(17)12-15-6-8-21-12/h6,8,10H,4-5,7,9H2,1-3H3/t10-/m0/s1. The van der Waals surface area contributed by atoms with Crippen LogP contribution in [0.1, 0.15) is 43.4 Å². The molecule has 0 N–H and O–H groups in total. The van der Waals surface area contributed by atoms with Crippen LogP contribution in [-0.2, 0) is 9.57 Å². The van der Waals surface area contributed by atoms with Gasteiger partial charge in [-0.15, -0.1) is 16.4 Å². The van der Waals surface area contributed by atoms with Gasteiger partial charge >= 0.3 is 6.16 Å². The molecule has 0 radical (unpaired) electrons. The van der Waals surface area contributed by atoms with Crippen molar-refractivity contribution in [3.05, 3.63) is 16.6 Å². The predicted octanol–water partition coefficient (Wildman–Crippen LogP) is 2.90. The molecular weight excluding hydrogens is 292 g/mol. The first kappa shape index (κ1) is 15.9. The third kappa shape index (κ3) is 4.78. The Kier molecular flexibility index (Phi) is 4.95. The summed E-state index contributed by atoms with van der Waals surface area (Å²) in [5.41, 5.74) is -0.594. The maximum absolute atomic E-state index is 12.3. The smallest absolute Gasteiger partial charge is 0.427 e. The summed E-state index contributed by atoms with van der Waals surface area (Å²) < 4.78 is 5.11. The van der Waals surface area contributed by atoms with Crippen LogP contribution in [0.5, 0.6) is 0 Å². The number of nitrogens with zero attached hydrogens (tertiary/aromatic N) is 2. The monoisotopic (exact) mass is 312 g/mol. The summed E-state index contributed by atoms with van der Waals surface area (Å²) in [5, 5.41) is 3.80. The van der Waals surface area contributed by atoms with Gasteiger partial charge in [0.25, 0.3) is 0 Å². The van der Waals surface area contributed by atoms with Gasteiger partial charge in [-0.2, -0.15) is 0 Å². The van der Waals surface area contributed by atoms with Crippen molar-refractivity contribution in [3.8, 4) is 0 Å². The second kappa shape index (κ2) is 6.53. The molecule has 0 aromatic carbocycles. The first-order valence-electron chi connectivity index (χ1n) is 6.95. The molecule has 1 saturated heterocycles. The number of Topliss-reactive ketones (excluding diaryl/α,β-unsaturated/α-hetero) is 1. The van der Waals surface area contributed by atoms with Crippen molar-refractivity contribution in [1.82, 2.24) is 10.0 Å². The van der Waals surface area contributed by atoms with Crippen LogP contribution < -0.4 is 0 Å². The van der Waals surface area contributed by atoms with E-state index in [-0.39, 0.29) is 11.7 Å². The average Bonchev–Trinajstić information content (AvgIpc) is 2.89. The van der Waals surface area contributed by atoms with Crippen LogP contribution >= 0.6 is 11.3 Å². The van der Waals surface area contributed by atoms with Gasteiger partial charge in [0, 0.05) is 30.6 Å². The molecule has 0 aliphatic carbocycles. The maximum atomic E-state index is 12.3. The molecule has 1 aromatic heterocycles. The molecule has 1 aliphatic heterocycles. The SMILES string of the molecule is CC(C)(C)OC(=O)ON1CCC[C@H](C(=O)c2nccs2)C1. The summed E-state index contributed by atoms with van der Waals surface area (Å²) in [6.07, 6.45) is 2.47. The molecule has 1 aromatic rings. The zero-order valence-electron chi connectivity index (χ0n) is 12.5. The number of ketones is 1. The van der Waals surface area contributed by atoms with Gasteiger partial charge in [-0.25, -0.2) is 9.78 Å². The lowest BCUT2D eigenvalue weighted by Crippen LogP contribution is -2.41. The number of aromatic nitrogens is 1. The number of carbonyl (C=O) groups is 2.